The first-order chi connectivity index (χ1) is 9.45. The Morgan fingerprint density at radius 2 is 1.85 bits per heavy atom. The lowest BCUT2D eigenvalue weighted by atomic mass is 9.80. The van der Waals surface area contributed by atoms with E-state index in [1.165, 1.54) is 0 Å². The summed E-state index contributed by atoms with van der Waals surface area (Å²) in [7, 11) is 0. The van der Waals surface area contributed by atoms with Crippen molar-refractivity contribution in [1.29, 1.82) is 0 Å². The molecule has 0 atom stereocenters. The Labute approximate surface area is 123 Å². The first-order valence-electron chi connectivity index (χ1n) is 6.76. The van der Waals surface area contributed by atoms with Crippen LogP contribution in [0.1, 0.15) is 37.0 Å². The summed E-state index contributed by atoms with van der Waals surface area (Å²) in [5, 5.41) is 12.2. The van der Waals surface area contributed by atoms with Crippen LogP contribution in [-0.4, -0.2) is 28.3 Å². The second-order valence-corrected chi connectivity index (χ2v) is 7.02. The highest BCUT2D eigenvalue weighted by atomic mass is 32.2. The first-order valence-corrected chi connectivity index (χ1v) is 7.64. The van der Waals surface area contributed by atoms with E-state index in [0.717, 1.165) is 4.90 Å². The van der Waals surface area contributed by atoms with Crippen LogP contribution in [0.5, 0.6) is 0 Å². The Hall–Kier alpha value is -1.49. The van der Waals surface area contributed by atoms with Gasteiger partial charge in [0.2, 0.25) is 0 Å². The molecule has 0 spiro atoms. The van der Waals surface area contributed by atoms with E-state index in [9.17, 15) is 9.59 Å². The fraction of sp³-hybridized carbons (Fsp3) is 0.467. The zero-order chi connectivity index (χ0) is 14.7. The Morgan fingerprint density at radius 1 is 1.25 bits per heavy atom. The van der Waals surface area contributed by atoms with Gasteiger partial charge in [0.1, 0.15) is 0 Å². The van der Waals surface area contributed by atoms with Gasteiger partial charge in [0, 0.05) is 21.8 Å². The molecule has 20 heavy (non-hydrogen) atoms. The van der Waals surface area contributed by atoms with E-state index in [-0.39, 0.29) is 17.9 Å². The molecule has 0 unspecified atom stereocenters. The van der Waals surface area contributed by atoms with E-state index in [4.69, 9.17) is 5.11 Å². The van der Waals surface area contributed by atoms with Crippen LogP contribution in [-0.2, 0) is 4.79 Å². The molecule has 1 saturated carbocycles. The highest BCUT2D eigenvalue weighted by Crippen LogP contribution is 2.28. The van der Waals surface area contributed by atoms with Crippen LogP contribution in [0.3, 0.4) is 0 Å². The fourth-order valence-corrected chi connectivity index (χ4v) is 3.00. The predicted octanol–water partition coefficient (Wildman–Crippen LogP) is 2.78. The average Bonchev–Trinajstić information content (AvgIpc) is 2.32. The third kappa shape index (κ3) is 3.76. The van der Waals surface area contributed by atoms with E-state index in [2.05, 4.69) is 19.2 Å². The molecule has 2 N–H and O–H groups in total. The van der Waals surface area contributed by atoms with Crippen molar-refractivity contribution in [3.8, 4) is 0 Å². The number of carbonyl (C=O) groups is 2. The SMILES string of the molecule is CC(C)Sc1ccc(C(=O)NC2CC(C(=O)O)C2)cc1. The fourth-order valence-electron chi connectivity index (χ4n) is 2.16. The number of carboxylic acid groups (broad SMARTS) is 1. The molecule has 0 bridgehead atoms. The van der Waals surface area contributed by atoms with Crippen molar-refractivity contribution in [1.82, 2.24) is 5.32 Å². The van der Waals surface area contributed by atoms with Crippen LogP contribution in [0.15, 0.2) is 29.2 Å². The van der Waals surface area contributed by atoms with Gasteiger partial charge in [-0.2, -0.15) is 0 Å². The molecular formula is C15H19NO3S. The summed E-state index contributed by atoms with van der Waals surface area (Å²) in [6, 6.07) is 7.51. The van der Waals surface area contributed by atoms with E-state index >= 15 is 0 Å². The van der Waals surface area contributed by atoms with Gasteiger partial charge in [-0.25, -0.2) is 0 Å². The highest BCUT2D eigenvalue weighted by molar-refractivity contribution is 7.99. The summed E-state index contributed by atoms with van der Waals surface area (Å²) in [6.45, 7) is 4.25. The van der Waals surface area contributed by atoms with Crippen LogP contribution in [0.25, 0.3) is 0 Å². The molecule has 108 valence electrons. The van der Waals surface area contributed by atoms with Gasteiger partial charge in [0.05, 0.1) is 5.92 Å². The second kappa shape index (κ2) is 6.31. The molecule has 0 radical (unpaired) electrons. The first kappa shape index (κ1) is 14.9. The molecule has 1 aromatic carbocycles. The zero-order valence-electron chi connectivity index (χ0n) is 11.6. The van der Waals surface area contributed by atoms with Crippen molar-refractivity contribution in [2.45, 2.75) is 42.9 Å². The maximum absolute atomic E-state index is 12.0. The molecule has 1 amide bonds. The molecule has 0 aromatic heterocycles. The van der Waals surface area contributed by atoms with Gasteiger partial charge in [-0.1, -0.05) is 13.8 Å². The molecule has 1 aromatic rings. The summed E-state index contributed by atoms with van der Waals surface area (Å²) in [4.78, 5) is 23.8. The number of nitrogens with one attached hydrogen (secondary N) is 1. The van der Waals surface area contributed by atoms with Crippen molar-refractivity contribution >= 4 is 23.6 Å². The summed E-state index contributed by atoms with van der Waals surface area (Å²) in [5.74, 6) is -1.20. The zero-order valence-corrected chi connectivity index (χ0v) is 12.4. The van der Waals surface area contributed by atoms with E-state index in [1.807, 2.05) is 24.3 Å². The lowest BCUT2D eigenvalue weighted by Crippen LogP contribution is -2.46. The molecule has 1 aliphatic rings. The number of carboxylic acids is 1. The third-order valence-corrected chi connectivity index (χ3v) is 4.33. The summed E-state index contributed by atoms with van der Waals surface area (Å²) < 4.78 is 0. The van der Waals surface area contributed by atoms with Crippen molar-refractivity contribution in [3.63, 3.8) is 0 Å². The molecule has 1 fully saturated rings. The molecule has 4 nitrogen and oxygen atoms in total. The molecule has 2 rings (SSSR count). The quantitative estimate of drug-likeness (QED) is 0.819. The largest absolute Gasteiger partial charge is 0.481 e. The Morgan fingerprint density at radius 3 is 2.35 bits per heavy atom. The normalized spacial score (nSPS) is 21.4. The van der Waals surface area contributed by atoms with Gasteiger partial charge in [0.15, 0.2) is 0 Å². The molecule has 0 heterocycles. The molecule has 0 saturated heterocycles. The van der Waals surface area contributed by atoms with Gasteiger partial charge in [-0.3, -0.25) is 9.59 Å². The predicted molar refractivity (Wildman–Crippen MR) is 79.0 cm³/mol. The lowest BCUT2D eigenvalue weighted by molar-refractivity contribution is -0.145. The van der Waals surface area contributed by atoms with E-state index < -0.39 is 5.97 Å². The molecule has 5 heteroatoms. The monoisotopic (exact) mass is 293 g/mol. The number of aliphatic carboxylic acids is 1. The van der Waals surface area contributed by atoms with Crippen LogP contribution < -0.4 is 5.32 Å². The summed E-state index contributed by atoms with van der Waals surface area (Å²) in [5.41, 5.74) is 0.622. The van der Waals surface area contributed by atoms with Crippen LogP contribution in [0, 0.1) is 5.92 Å². The standard InChI is InChI=1S/C15H19NO3S/c1-9(2)20-13-5-3-10(4-6-13)14(17)16-12-7-11(8-12)15(18)19/h3-6,9,11-12H,7-8H2,1-2H3,(H,16,17)(H,18,19). The lowest BCUT2D eigenvalue weighted by Gasteiger charge is -2.32. The summed E-state index contributed by atoms with van der Waals surface area (Å²) >= 11 is 1.75. The number of carbonyl (C=O) groups excluding carboxylic acids is 1. The number of amides is 1. The number of benzene rings is 1. The number of thioether (sulfide) groups is 1. The van der Waals surface area contributed by atoms with E-state index in [0.29, 0.717) is 23.7 Å². The molecular weight excluding hydrogens is 274 g/mol. The Bertz CT molecular complexity index is 492. The van der Waals surface area contributed by atoms with Crippen molar-refractivity contribution in [2.24, 2.45) is 5.92 Å². The third-order valence-electron chi connectivity index (χ3n) is 3.31. The highest BCUT2D eigenvalue weighted by Gasteiger charge is 2.35. The van der Waals surface area contributed by atoms with E-state index in [1.54, 1.807) is 11.8 Å². The molecule has 1 aliphatic carbocycles. The maximum atomic E-state index is 12.0. The van der Waals surface area contributed by atoms with Crippen molar-refractivity contribution < 1.29 is 14.7 Å². The smallest absolute Gasteiger partial charge is 0.306 e. The van der Waals surface area contributed by atoms with Gasteiger partial charge < -0.3 is 10.4 Å². The topological polar surface area (TPSA) is 66.4 Å². The average molecular weight is 293 g/mol. The Balaban J connectivity index is 1.85. The minimum absolute atomic E-state index is 0.00619. The van der Waals surface area contributed by atoms with Crippen LogP contribution >= 0.6 is 11.8 Å². The number of rotatable bonds is 5. The van der Waals surface area contributed by atoms with Crippen molar-refractivity contribution in [3.05, 3.63) is 29.8 Å². The minimum atomic E-state index is -0.773. The number of hydrogen-bond donors (Lipinski definition) is 2. The van der Waals surface area contributed by atoms with Crippen LogP contribution in [0.2, 0.25) is 0 Å². The minimum Gasteiger partial charge on any atom is -0.481 e. The van der Waals surface area contributed by atoms with Gasteiger partial charge >= 0.3 is 5.97 Å². The maximum Gasteiger partial charge on any atom is 0.306 e. The van der Waals surface area contributed by atoms with Crippen molar-refractivity contribution in [2.75, 3.05) is 0 Å². The number of hydrogen-bond acceptors (Lipinski definition) is 3. The van der Waals surface area contributed by atoms with Gasteiger partial charge in [-0.05, 0) is 37.1 Å². The molecule has 0 aliphatic heterocycles. The van der Waals surface area contributed by atoms with Crippen LogP contribution in [0.4, 0.5) is 0 Å². The second-order valence-electron chi connectivity index (χ2n) is 5.37. The van der Waals surface area contributed by atoms with Gasteiger partial charge in [0.25, 0.3) is 5.91 Å². The van der Waals surface area contributed by atoms with Gasteiger partial charge in [-0.15, -0.1) is 11.8 Å². The summed E-state index contributed by atoms with van der Waals surface area (Å²) in [6.07, 6.45) is 1.06. The Kier molecular flexibility index (Phi) is 4.70.